The molecule has 0 aromatic heterocycles. The Morgan fingerprint density at radius 1 is 1.23 bits per heavy atom. The number of nitrogens with zero attached hydrogens (tertiary/aromatic N) is 1. The van der Waals surface area contributed by atoms with E-state index in [9.17, 15) is 28.7 Å². The number of carboxylic acid groups (broad SMARTS) is 1. The van der Waals surface area contributed by atoms with E-state index in [4.69, 9.17) is 4.74 Å². The number of benzene rings is 1. The summed E-state index contributed by atoms with van der Waals surface area (Å²) in [4.78, 5) is 49.3. The van der Waals surface area contributed by atoms with Crippen LogP contribution in [0.2, 0.25) is 0 Å². The lowest BCUT2D eigenvalue weighted by atomic mass is 9.97. The van der Waals surface area contributed by atoms with Crippen LogP contribution in [0.1, 0.15) is 39.3 Å². The number of carbonyl (C=O) groups excluding carboxylic acids is 3. The van der Waals surface area contributed by atoms with Gasteiger partial charge in [-0.05, 0) is 38.8 Å². The van der Waals surface area contributed by atoms with E-state index < -0.39 is 53.9 Å². The van der Waals surface area contributed by atoms with Crippen molar-refractivity contribution in [2.45, 2.75) is 57.7 Å². The first-order chi connectivity index (χ1) is 14.3. The van der Waals surface area contributed by atoms with Gasteiger partial charge in [0.25, 0.3) is 5.91 Å². The monoisotopic (exact) mass is 435 g/mol. The summed E-state index contributed by atoms with van der Waals surface area (Å²) >= 11 is 0. The number of carboxylic acids is 1. The molecule has 3 N–H and O–H groups in total. The standard InChI is InChI=1S/C21H26FN3O6/c1-11(2)15(19(28)29)25-16(22)14(18(25)27)23-17(26)13(12-9-7-6-8-10-12)24-20(30)31-21(3,4)5/h6-10,13-16H,1H2,2-5H3,(H,23,26)(H,24,30)(H,28,29). The van der Waals surface area contributed by atoms with Gasteiger partial charge in [-0.1, -0.05) is 36.9 Å². The molecule has 0 bridgehead atoms. The van der Waals surface area contributed by atoms with Crippen LogP contribution in [0.3, 0.4) is 0 Å². The first-order valence-electron chi connectivity index (χ1n) is 9.52. The fraction of sp³-hybridized carbons (Fsp3) is 0.429. The molecular weight excluding hydrogens is 409 g/mol. The lowest BCUT2D eigenvalue weighted by molar-refractivity contribution is -0.174. The van der Waals surface area contributed by atoms with Crippen LogP contribution < -0.4 is 10.6 Å². The average molecular weight is 435 g/mol. The Morgan fingerprint density at radius 2 is 1.81 bits per heavy atom. The molecule has 4 unspecified atom stereocenters. The quantitative estimate of drug-likeness (QED) is 0.341. The summed E-state index contributed by atoms with van der Waals surface area (Å²) in [5, 5.41) is 13.9. The van der Waals surface area contributed by atoms with Crippen molar-refractivity contribution in [3.05, 3.63) is 48.0 Å². The molecule has 4 atom stereocenters. The first-order valence-corrected chi connectivity index (χ1v) is 9.52. The number of hydrogen-bond acceptors (Lipinski definition) is 5. The molecule has 1 aliphatic rings. The van der Waals surface area contributed by atoms with Gasteiger partial charge in [0.05, 0.1) is 0 Å². The van der Waals surface area contributed by atoms with E-state index in [0.29, 0.717) is 10.5 Å². The molecule has 1 aliphatic heterocycles. The van der Waals surface area contributed by atoms with Gasteiger partial charge in [0.1, 0.15) is 11.6 Å². The van der Waals surface area contributed by atoms with Crippen LogP contribution >= 0.6 is 0 Å². The second-order valence-corrected chi connectivity index (χ2v) is 8.18. The van der Waals surface area contributed by atoms with Crippen molar-refractivity contribution in [1.29, 1.82) is 0 Å². The molecule has 0 radical (unpaired) electrons. The summed E-state index contributed by atoms with van der Waals surface area (Å²) in [7, 11) is 0. The number of amides is 3. The van der Waals surface area contributed by atoms with E-state index in [2.05, 4.69) is 17.2 Å². The molecule has 1 saturated heterocycles. The third kappa shape index (κ3) is 5.59. The number of β-lactam (4-membered cyclic amide) rings is 1. The Labute approximate surface area is 179 Å². The maximum Gasteiger partial charge on any atom is 0.408 e. The highest BCUT2D eigenvalue weighted by molar-refractivity contribution is 5.98. The molecule has 9 nitrogen and oxygen atoms in total. The second-order valence-electron chi connectivity index (χ2n) is 8.18. The van der Waals surface area contributed by atoms with E-state index in [0.717, 1.165) is 0 Å². The molecule has 168 valence electrons. The number of halogens is 1. The van der Waals surface area contributed by atoms with Gasteiger partial charge in [-0.25, -0.2) is 14.0 Å². The van der Waals surface area contributed by atoms with Crippen molar-refractivity contribution in [2.24, 2.45) is 0 Å². The Bertz CT molecular complexity index is 869. The Kier molecular flexibility index (Phi) is 7.04. The van der Waals surface area contributed by atoms with Gasteiger partial charge in [-0.15, -0.1) is 0 Å². The number of nitrogens with one attached hydrogen (secondary N) is 2. The smallest absolute Gasteiger partial charge is 0.408 e. The number of alkyl carbamates (subject to hydrolysis) is 1. The zero-order chi connectivity index (χ0) is 23.5. The molecule has 10 heteroatoms. The highest BCUT2D eigenvalue weighted by atomic mass is 19.1. The molecule has 3 amide bonds. The third-order valence-electron chi connectivity index (χ3n) is 4.39. The minimum Gasteiger partial charge on any atom is -0.479 e. The first kappa shape index (κ1) is 23.8. The van der Waals surface area contributed by atoms with Gasteiger partial charge in [0.2, 0.25) is 12.2 Å². The van der Waals surface area contributed by atoms with Crippen LogP contribution in [-0.4, -0.2) is 57.9 Å². The van der Waals surface area contributed by atoms with Gasteiger partial charge < -0.3 is 20.5 Å². The van der Waals surface area contributed by atoms with Gasteiger partial charge in [-0.3, -0.25) is 14.5 Å². The summed E-state index contributed by atoms with van der Waals surface area (Å²) < 4.78 is 19.8. The Balaban J connectivity index is 2.17. The maximum atomic E-state index is 14.7. The topological polar surface area (TPSA) is 125 Å². The number of ether oxygens (including phenoxy) is 1. The molecule has 2 rings (SSSR count). The Hall–Kier alpha value is -3.43. The van der Waals surface area contributed by atoms with Crippen molar-refractivity contribution in [3.63, 3.8) is 0 Å². The lowest BCUT2D eigenvalue weighted by Gasteiger charge is -2.45. The molecule has 1 aromatic carbocycles. The van der Waals surface area contributed by atoms with Crippen LogP contribution in [0, 0.1) is 0 Å². The number of rotatable bonds is 7. The summed E-state index contributed by atoms with van der Waals surface area (Å²) in [6, 6.07) is 3.76. The molecule has 0 spiro atoms. The van der Waals surface area contributed by atoms with E-state index in [-0.39, 0.29) is 5.57 Å². The number of alkyl halides is 1. The number of aliphatic carboxylic acids is 1. The summed E-state index contributed by atoms with van der Waals surface area (Å²) in [5.74, 6) is -3.18. The normalized spacial score (nSPS) is 20.2. The average Bonchev–Trinajstić information content (AvgIpc) is 2.66. The number of carbonyl (C=O) groups is 4. The van der Waals surface area contributed by atoms with E-state index in [1.54, 1.807) is 51.1 Å². The van der Waals surface area contributed by atoms with Crippen LogP contribution in [0.5, 0.6) is 0 Å². The van der Waals surface area contributed by atoms with Gasteiger partial charge in [-0.2, -0.15) is 0 Å². The molecule has 31 heavy (non-hydrogen) atoms. The summed E-state index contributed by atoms with van der Waals surface area (Å²) in [6.07, 6.45) is -2.93. The predicted octanol–water partition coefficient (Wildman–Crippen LogP) is 1.90. The third-order valence-corrected chi connectivity index (χ3v) is 4.39. The molecule has 1 fully saturated rings. The van der Waals surface area contributed by atoms with Crippen molar-refractivity contribution in [1.82, 2.24) is 15.5 Å². The van der Waals surface area contributed by atoms with Gasteiger partial charge in [0.15, 0.2) is 12.1 Å². The maximum absolute atomic E-state index is 14.7. The van der Waals surface area contributed by atoms with Crippen LogP contribution in [0.25, 0.3) is 0 Å². The molecular formula is C21H26FN3O6. The zero-order valence-corrected chi connectivity index (χ0v) is 17.7. The van der Waals surface area contributed by atoms with E-state index in [1.165, 1.54) is 6.92 Å². The van der Waals surface area contributed by atoms with E-state index >= 15 is 0 Å². The number of likely N-dealkylation sites (tertiary alicyclic amines) is 1. The summed E-state index contributed by atoms with van der Waals surface area (Å²) in [6.45, 7) is 9.79. The lowest BCUT2D eigenvalue weighted by Crippen LogP contribution is -2.73. The van der Waals surface area contributed by atoms with Crippen LogP contribution in [0.4, 0.5) is 9.18 Å². The minimum atomic E-state index is -2.06. The van der Waals surface area contributed by atoms with Gasteiger partial charge >= 0.3 is 12.1 Å². The molecule has 1 heterocycles. The summed E-state index contributed by atoms with van der Waals surface area (Å²) in [5.41, 5.74) is -0.359. The molecule has 0 saturated carbocycles. The number of hydrogen-bond donors (Lipinski definition) is 3. The van der Waals surface area contributed by atoms with Gasteiger partial charge in [0, 0.05) is 0 Å². The van der Waals surface area contributed by atoms with Crippen LogP contribution in [0.15, 0.2) is 42.5 Å². The molecule has 0 aliphatic carbocycles. The molecule has 1 aromatic rings. The Morgan fingerprint density at radius 3 is 2.26 bits per heavy atom. The van der Waals surface area contributed by atoms with Crippen molar-refractivity contribution in [3.8, 4) is 0 Å². The fourth-order valence-electron chi connectivity index (χ4n) is 3.05. The second kappa shape index (κ2) is 9.15. The van der Waals surface area contributed by atoms with Crippen molar-refractivity contribution < 1.29 is 33.4 Å². The zero-order valence-electron chi connectivity index (χ0n) is 17.7. The SMILES string of the molecule is C=C(C)C(C(=O)O)N1C(=O)C(NC(=O)C(NC(=O)OC(C)(C)C)c2ccccc2)C1F. The van der Waals surface area contributed by atoms with E-state index in [1.807, 2.05) is 0 Å². The van der Waals surface area contributed by atoms with Crippen molar-refractivity contribution in [2.75, 3.05) is 0 Å². The minimum absolute atomic E-state index is 0.0713. The highest BCUT2D eigenvalue weighted by Crippen LogP contribution is 2.28. The predicted molar refractivity (Wildman–Crippen MR) is 108 cm³/mol. The van der Waals surface area contributed by atoms with Crippen LogP contribution in [-0.2, 0) is 19.1 Å². The largest absolute Gasteiger partial charge is 0.479 e. The van der Waals surface area contributed by atoms with Crippen molar-refractivity contribution >= 4 is 23.9 Å². The fourth-order valence-corrected chi connectivity index (χ4v) is 3.05. The highest BCUT2D eigenvalue weighted by Gasteiger charge is 2.54.